The summed E-state index contributed by atoms with van der Waals surface area (Å²) < 4.78 is 53.7. The van der Waals surface area contributed by atoms with Crippen LogP contribution in [0.4, 0.5) is 23.5 Å². The van der Waals surface area contributed by atoms with Gasteiger partial charge in [-0.2, -0.15) is 18.2 Å². The molecule has 2 aliphatic rings. The molecule has 0 spiro atoms. The molecule has 5 rings (SSSR count). The first-order valence-corrected chi connectivity index (χ1v) is 12.2. The molecule has 1 unspecified atom stereocenters. The predicted octanol–water partition coefficient (Wildman–Crippen LogP) is 4.48. The Bertz CT molecular complexity index is 1350. The number of carbonyl (C=O) groups excluding carboxylic acids is 2. The maximum atomic E-state index is 13.6. The van der Waals surface area contributed by atoms with Gasteiger partial charge in [0.2, 0.25) is 5.95 Å². The summed E-state index contributed by atoms with van der Waals surface area (Å²) in [6.45, 7) is 3.89. The Labute approximate surface area is 207 Å². The number of Topliss-reactive ketones (excluding diaryl/α,β-unsaturated/α-hetero) is 1. The standard InChI is InChI=1S/C23H22F4N6O2S/c1-11(14-6-15(24)8-28-7-14)29-21-31-17(18-19(32-21)30-12(2)36-18)20(35)33-9-13(10-33)5-16(34)22(3-4-22)23(25,26)27/h6-8,11,13H,3-5,9-10H2,1-2H3,(H,29,31,32). The second-order valence-corrected chi connectivity index (χ2v) is 10.6. The van der Waals surface area contributed by atoms with E-state index in [0.717, 1.165) is 6.20 Å². The maximum absolute atomic E-state index is 13.6. The highest BCUT2D eigenvalue weighted by Crippen LogP contribution is 2.59. The van der Waals surface area contributed by atoms with Gasteiger partial charge in [-0.25, -0.2) is 14.4 Å². The first-order valence-electron chi connectivity index (χ1n) is 11.4. The number of ketones is 1. The van der Waals surface area contributed by atoms with Gasteiger partial charge in [0.25, 0.3) is 5.91 Å². The number of aromatic nitrogens is 4. The molecule has 0 bridgehead atoms. The Balaban J connectivity index is 1.31. The van der Waals surface area contributed by atoms with E-state index in [0.29, 0.717) is 20.9 Å². The Hall–Kier alpha value is -3.22. The molecular formula is C23H22F4N6O2S. The van der Waals surface area contributed by atoms with E-state index in [4.69, 9.17) is 0 Å². The van der Waals surface area contributed by atoms with Crippen LogP contribution in [0, 0.1) is 24.1 Å². The van der Waals surface area contributed by atoms with Crippen LogP contribution in [-0.2, 0) is 4.79 Å². The lowest BCUT2D eigenvalue weighted by Gasteiger charge is -2.39. The number of fused-ring (bicyclic) bond motifs is 1. The Morgan fingerprint density at radius 1 is 1.22 bits per heavy atom. The van der Waals surface area contributed by atoms with Gasteiger partial charge in [0, 0.05) is 31.6 Å². The number of alkyl halides is 3. The fourth-order valence-electron chi connectivity index (χ4n) is 4.40. The first kappa shape index (κ1) is 24.5. The van der Waals surface area contributed by atoms with Crippen LogP contribution in [-0.4, -0.2) is 55.8 Å². The molecule has 8 nitrogen and oxygen atoms in total. The number of halogens is 4. The predicted molar refractivity (Wildman–Crippen MR) is 123 cm³/mol. The molecule has 13 heteroatoms. The Morgan fingerprint density at radius 3 is 2.58 bits per heavy atom. The topological polar surface area (TPSA) is 101 Å². The van der Waals surface area contributed by atoms with E-state index < -0.39 is 35.1 Å². The van der Waals surface area contributed by atoms with Gasteiger partial charge >= 0.3 is 6.18 Å². The normalized spacial score (nSPS) is 18.1. The van der Waals surface area contributed by atoms with Crippen LogP contribution >= 0.6 is 11.3 Å². The number of hydrogen-bond donors (Lipinski definition) is 1. The summed E-state index contributed by atoms with van der Waals surface area (Å²) in [7, 11) is 0. The van der Waals surface area contributed by atoms with E-state index in [2.05, 4.69) is 25.3 Å². The van der Waals surface area contributed by atoms with E-state index in [1.54, 1.807) is 13.8 Å². The van der Waals surface area contributed by atoms with Crippen molar-refractivity contribution in [2.45, 2.75) is 45.3 Å². The van der Waals surface area contributed by atoms with Gasteiger partial charge in [-0.3, -0.25) is 14.6 Å². The van der Waals surface area contributed by atoms with Crippen LogP contribution in [0.15, 0.2) is 18.5 Å². The number of nitrogens with one attached hydrogen (secondary N) is 1. The van der Waals surface area contributed by atoms with Gasteiger partial charge in [-0.05, 0) is 38.3 Å². The number of pyridine rings is 1. The van der Waals surface area contributed by atoms with Crippen molar-refractivity contribution in [2.75, 3.05) is 18.4 Å². The van der Waals surface area contributed by atoms with Crippen molar-refractivity contribution < 1.29 is 27.2 Å². The van der Waals surface area contributed by atoms with Gasteiger partial charge in [0.05, 0.1) is 17.2 Å². The van der Waals surface area contributed by atoms with Gasteiger partial charge in [-0.15, -0.1) is 11.3 Å². The number of rotatable bonds is 7. The molecule has 4 heterocycles. The van der Waals surface area contributed by atoms with Crippen molar-refractivity contribution in [1.82, 2.24) is 24.8 Å². The zero-order valence-electron chi connectivity index (χ0n) is 19.4. The molecule has 190 valence electrons. The molecule has 3 aromatic heterocycles. The van der Waals surface area contributed by atoms with E-state index >= 15 is 0 Å². The van der Waals surface area contributed by atoms with Crippen molar-refractivity contribution in [3.63, 3.8) is 0 Å². The highest BCUT2D eigenvalue weighted by atomic mass is 32.1. The second-order valence-electron chi connectivity index (χ2n) is 9.37. The van der Waals surface area contributed by atoms with Crippen molar-refractivity contribution in [2.24, 2.45) is 11.3 Å². The van der Waals surface area contributed by atoms with Crippen LogP contribution in [0.25, 0.3) is 10.3 Å². The average molecular weight is 523 g/mol. The zero-order chi connectivity index (χ0) is 25.8. The molecule has 0 radical (unpaired) electrons. The second kappa shape index (κ2) is 8.71. The quantitative estimate of drug-likeness (QED) is 0.457. The minimum Gasteiger partial charge on any atom is -0.348 e. The summed E-state index contributed by atoms with van der Waals surface area (Å²) >= 11 is 1.26. The minimum absolute atomic E-state index is 0.122. The SMILES string of the molecule is Cc1nc2nc(NC(C)c3cncc(F)c3)nc(C(=O)N3CC(CC(=O)C4(C(F)(F)F)CC4)C3)c2s1. The number of hydrogen-bond acceptors (Lipinski definition) is 8. The van der Waals surface area contributed by atoms with Crippen LogP contribution < -0.4 is 5.32 Å². The number of nitrogens with zero attached hydrogens (tertiary/aromatic N) is 5. The lowest BCUT2D eigenvalue weighted by Crippen LogP contribution is -2.51. The molecule has 1 atom stereocenters. The molecule has 1 aliphatic carbocycles. The molecule has 1 N–H and O–H groups in total. The van der Waals surface area contributed by atoms with Crippen LogP contribution in [0.5, 0.6) is 0 Å². The van der Waals surface area contributed by atoms with E-state index in [9.17, 15) is 27.2 Å². The number of likely N-dealkylation sites (tertiary alicyclic amines) is 1. The molecule has 3 aromatic rings. The smallest absolute Gasteiger partial charge is 0.348 e. The van der Waals surface area contributed by atoms with Crippen molar-refractivity contribution in [1.29, 1.82) is 0 Å². The highest BCUT2D eigenvalue weighted by molar-refractivity contribution is 7.18. The Morgan fingerprint density at radius 2 is 1.94 bits per heavy atom. The van der Waals surface area contributed by atoms with Crippen LogP contribution in [0.3, 0.4) is 0 Å². The van der Waals surface area contributed by atoms with E-state index in [1.165, 1.54) is 28.5 Å². The van der Waals surface area contributed by atoms with Gasteiger partial charge in [0.15, 0.2) is 11.3 Å². The van der Waals surface area contributed by atoms with Crippen molar-refractivity contribution in [3.8, 4) is 0 Å². The number of amides is 1. The molecular weight excluding hydrogens is 500 g/mol. The van der Waals surface area contributed by atoms with Crippen LogP contribution in [0.2, 0.25) is 0 Å². The van der Waals surface area contributed by atoms with Crippen LogP contribution in [0.1, 0.15) is 53.3 Å². The third kappa shape index (κ3) is 4.40. The van der Waals surface area contributed by atoms with Gasteiger partial charge in [-0.1, -0.05) is 0 Å². The maximum Gasteiger partial charge on any atom is 0.401 e. The third-order valence-corrected chi connectivity index (χ3v) is 7.65. The fraction of sp³-hybridized carbons (Fsp3) is 0.478. The number of anilines is 1. The third-order valence-electron chi connectivity index (χ3n) is 6.68. The largest absolute Gasteiger partial charge is 0.401 e. The van der Waals surface area contributed by atoms with Gasteiger partial charge in [0.1, 0.15) is 21.7 Å². The summed E-state index contributed by atoms with van der Waals surface area (Å²) in [6.07, 6.45) is -2.45. The Kier molecular flexibility index (Phi) is 5.92. The molecule has 2 fully saturated rings. The monoisotopic (exact) mass is 522 g/mol. The summed E-state index contributed by atoms with van der Waals surface area (Å²) in [5, 5.41) is 3.73. The van der Waals surface area contributed by atoms with Crippen molar-refractivity contribution in [3.05, 3.63) is 40.5 Å². The average Bonchev–Trinajstić information content (AvgIpc) is 3.52. The zero-order valence-corrected chi connectivity index (χ0v) is 20.2. The molecule has 1 amide bonds. The summed E-state index contributed by atoms with van der Waals surface area (Å²) in [6, 6.07) is 0.907. The highest BCUT2D eigenvalue weighted by Gasteiger charge is 2.67. The van der Waals surface area contributed by atoms with E-state index in [-0.39, 0.29) is 49.9 Å². The van der Waals surface area contributed by atoms with E-state index in [1.807, 2.05) is 0 Å². The molecule has 1 saturated carbocycles. The van der Waals surface area contributed by atoms with Gasteiger partial charge < -0.3 is 10.2 Å². The first-order chi connectivity index (χ1) is 17.0. The molecule has 0 aromatic carbocycles. The summed E-state index contributed by atoms with van der Waals surface area (Å²) in [4.78, 5) is 44.0. The number of thiazole rings is 1. The lowest BCUT2D eigenvalue weighted by atomic mass is 9.87. The molecule has 1 saturated heterocycles. The summed E-state index contributed by atoms with van der Waals surface area (Å²) in [5.41, 5.74) is -1.18. The molecule has 36 heavy (non-hydrogen) atoms. The lowest BCUT2D eigenvalue weighted by molar-refractivity contribution is -0.191. The fourth-order valence-corrected chi connectivity index (χ4v) is 5.24. The minimum atomic E-state index is -4.53. The number of carbonyl (C=O) groups is 2. The van der Waals surface area contributed by atoms with Crippen molar-refractivity contribution >= 4 is 39.3 Å². The number of aryl methyl sites for hydroxylation is 1. The molecule has 1 aliphatic heterocycles. The summed E-state index contributed by atoms with van der Waals surface area (Å²) in [5.74, 6) is -1.88.